The van der Waals surface area contributed by atoms with Crippen molar-refractivity contribution in [2.75, 3.05) is 0 Å². The Balaban J connectivity index is 2.44. The quantitative estimate of drug-likeness (QED) is 0.765. The maximum absolute atomic E-state index is 12.9. The number of halogens is 2. The zero-order chi connectivity index (χ0) is 12.4. The molecule has 0 saturated carbocycles. The van der Waals surface area contributed by atoms with E-state index in [4.69, 9.17) is 16.9 Å². The van der Waals surface area contributed by atoms with E-state index in [1.807, 2.05) is 6.07 Å². The highest BCUT2D eigenvalue weighted by Crippen LogP contribution is 2.30. The Bertz CT molecular complexity index is 628. The average Bonchev–Trinajstić information content (AvgIpc) is 2.77. The van der Waals surface area contributed by atoms with Crippen LogP contribution in [-0.4, -0.2) is 4.98 Å². The van der Waals surface area contributed by atoms with Crippen molar-refractivity contribution < 1.29 is 4.39 Å². The number of aromatic nitrogens is 1. The van der Waals surface area contributed by atoms with E-state index in [1.54, 1.807) is 11.4 Å². The Morgan fingerprint density at radius 1 is 1.53 bits per heavy atom. The van der Waals surface area contributed by atoms with Crippen LogP contribution in [0.25, 0.3) is 16.8 Å². The highest BCUT2D eigenvalue weighted by molar-refractivity contribution is 7.11. The normalized spacial score (nSPS) is 9.94. The van der Waals surface area contributed by atoms with E-state index in [2.05, 4.69) is 11.6 Å². The van der Waals surface area contributed by atoms with Gasteiger partial charge in [0.2, 0.25) is 0 Å². The molecule has 0 aliphatic rings. The molecule has 0 radical (unpaired) electrons. The minimum atomic E-state index is -0.393. The molecule has 17 heavy (non-hydrogen) atoms. The lowest BCUT2D eigenvalue weighted by Gasteiger charge is -1.99. The van der Waals surface area contributed by atoms with Crippen LogP contribution >= 0.6 is 22.9 Å². The zero-order valence-electron chi connectivity index (χ0n) is 8.58. The summed E-state index contributed by atoms with van der Waals surface area (Å²) < 4.78 is 12.9. The van der Waals surface area contributed by atoms with Crippen LogP contribution in [-0.2, 0) is 0 Å². The van der Waals surface area contributed by atoms with Gasteiger partial charge in [-0.25, -0.2) is 9.37 Å². The molecule has 0 bridgehead atoms. The summed E-state index contributed by atoms with van der Waals surface area (Å²) in [6.45, 7) is 3.58. The van der Waals surface area contributed by atoms with Crippen LogP contribution in [0.2, 0.25) is 5.02 Å². The Morgan fingerprint density at radius 2 is 2.29 bits per heavy atom. The topological polar surface area (TPSA) is 36.7 Å². The molecule has 1 heterocycles. The van der Waals surface area contributed by atoms with Gasteiger partial charge in [-0.05, 0) is 18.2 Å². The molecule has 0 aliphatic heterocycles. The SMILES string of the molecule is C=C(C#N)c1nc(-c2ccc(F)cc2Cl)cs1. The van der Waals surface area contributed by atoms with Crippen molar-refractivity contribution in [1.82, 2.24) is 4.98 Å². The predicted molar refractivity (Wildman–Crippen MR) is 67.2 cm³/mol. The van der Waals surface area contributed by atoms with Crippen molar-refractivity contribution in [3.63, 3.8) is 0 Å². The van der Waals surface area contributed by atoms with Gasteiger partial charge in [0.1, 0.15) is 16.9 Å². The summed E-state index contributed by atoms with van der Waals surface area (Å²) in [5.74, 6) is -0.393. The molecular weight excluding hydrogens is 259 g/mol. The van der Waals surface area contributed by atoms with Gasteiger partial charge in [0.15, 0.2) is 0 Å². The number of nitriles is 1. The van der Waals surface area contributed by atoms with Gasteiger partial charge in [0.25, 0.3) is 0 Å². The van der Waals surface area contributed by atoms with Gasteiger partial charge in [-0.2, -0.15) is 5.26 Å². The highest BCUT2D eigenvalue weighted by atomic mass is 35.5. The summed E-state index contributed by atoms with van der Waals surface area (Å²) in [4.78, 5) is 4.23. The fourth-order valence-corrected chi connectivity index (χ4v) is 2.29. The second kappa shape index (κ2) is 4.66. The van der Waals surface area contributed by atoms with E-state index in [0.717, 1.165) is 0 Å². The van der Waals surface area contributed by atoms with Gasteiger partial charge in [0, 0.05) is 10.9 Å². The largest absolute Gasteiger partial charge is 0.235 e. The third-order valence-electron chi connectivity index (χ3n) is 2.10. The summed E-state index contributed by atoms with van der Waals surface area (Å²) in [6, 6.07) is 6.04. The number of hydrogen-bond acceptors (Lipinski definition) is 3. The second-order valence-electron chi connectivity index (χ2n) is 3.25. The molecule has 0 atom stereocenters. The number of rotatable bonds is 2. The molecule has 1 aromatic heterocycles. The lowest BCUT2D eigenvalue weighted by Crippen LogP contribution is -1.83. The molecule has 0 saturated heterocycles. The van der Waals surface area contributed by atoms with Crippen molar-refractivity contribution in [1.29, 1.82) is 5.26 Å². The average molecular weight is 265 g/mol. The summed E-state index contributed by atoms with van der Waals surface area (Å²) in [5, 5.41) is 11.3. The van der Waals surface area contributed by atoms with Gasteiger partial charge < -0.3 is 0 Å². The monoisotopic (exact) mass is 264 g/mol. The molecule has 0 spiro atoms. The van der Waals surface area contributed by atoms with Crippen molar-refractivity contribution in [2.24, 2.45) is 0 Å². The lowest BCUT2D eigenvalue weighted by atomic mass is 10.2. The van der Waals surface area contributed by atoms with E-state index in [0.29, 0.717) is 26.9 Å². The summed E-state index contributed by atoms with van der Waals surface area (Å²) in [6.07, 6.45) is 0. The fraction of sp³-hybridized carbons (Fsp3) is 0. The highest BCUT2D eigenvalue weighted by Gasteiger charge is 2.10. The number of thiazole rings is 1. The third-order valence-corrected chi connectivity index (χ3v) is 3.32. The maximum atomic E-state index is 12.9. The molecular formula is C12H6ClFN2S. The first kappa shape index (κ1) is 11.8. The molecule has 0 N–H and O–H groups in total. The van der Waals surface area contributed by atoms with Gasteiger partial charge in [-0.15, -0.1) is 11.3 Å². The Morgan fingerprint density at radius 3 is 2.94 bits per heavy atom. The van der Waals surface area contributed by atoms with Crippen LogP contribution in [0, 0.1) is 17.1 Å². The van der Waals surface area contributed by atoms with Crippen LogP contribution in [0.4, 0.5) is 4.39 Å². The van der Waals surface area contributed by atoms with Crippen molar-refractivity contribution >= 4 is 28.5 Å². The van der Waals surface area contributed by atoms with Gasteiger partial charge >= 0.3 is 0 Å². The number of benzene rings is 1. The molecule has 2 aromatic rings. The molecule has 0 amide bonds. The number of hydrogen-bond donors (Lipinski definition) is 0. The number of nitrogens with zero attached hydrogens (tertiary/aromatic N) is 2. The van der Waals surface area contributed by atoms with Gasteiger partial charge in [-0.3, -0.25) is 0 Å². The molecule has 84 valence electrons. The van der Waals surface area contributed by atoms with Crippen LogP contribution in [0.3, 0.4) is 0 Å². The fourth-order valence-electron chi connectivity index (χ4n) is 1.28. The molecule has 0 fully saturated rings. The zero-order valence-corrected chi connectivity index (χ0v) is 10.1. The summed E-state index contributed by atoms with van der Waals surface area (Å²) in [7, 11) is 0. The molecule has 0 aliphatic carbocycles. The molecule has 2 rings (SSSR count). The van der Waals surface area contributed by atoms with Crippen LogP contribution in [0.15, 0.2) is 30.2 Å². The number of allylic oxidation sites excluding steroid dienone is 1. The van der Waals surface area contributed by atoms with Crippen LogP contribution in [0.5, 0.6) is 0 Å². The van der Waals surface area contributed by atoms with E-state index in [9.17, 15) is 4.39 Å². The summed E-state index contributed by atoms with van der Waals surface area (Å²) >= 11 is 7.23. The minimum Gasteiger partial charge on any atom is -0.235 e. The van der Waals surface area contributed by atoms with E-state index in [-0.39, 0.29) is 0 Å². The van der Waals surface area contributed by atoms with Crippen LogP contribution in [0.1, 0.15) is 5.01 Å². The van der Waals surface area contributed by atoms with Crippen molar-refractivity contribution in [2.45, 2.75) is 0 Å². The first-order valence-electron chi connectivity index (χ1n) is 4.62. The predicted octanol–water partition coefficient (Wildman–Crippen LogP) is 4.14. The minimum absolute atomic E-state index is 0.296. The van der Waals surface area contributed by atoms with Crippen molar-refractivity contribution in [3.05, 3.63) is 46.0 Å². The maximum Gasteiger partial charge on any atom is 0.134 e. The molecule has 0 unspecified atom stereocenters. The standard InChI is InChI=1S/C12H6ClFN2S/c1-7(5-15)12-16-11(6-17-12)9-3-2-8(14)4-10(9)13/h2-4,6H,1H2. The summed E-state index contributed by atoms with van der Waals surface area (Å²) in [5.41, 5.74) is 1.56. The first-order valence-corrected chi connectivity index (χ1v) is 5.88. The van der Waals surface area contributed by atoms with Gasteiger partial charge in [-0.1, -0.05) is 18.2 Å². The lowest BCUT2D eigenvalue weighted by molar-refractivity contribution is 0.628. The molecule has 2 nitrogen and oxygen atoms in total. The molecule has 1 aromatic carbocycles. The Kier molecular flexibility index (Phi) is 3.23. The van der Waals surface area contributed by atoms with Crippen LogP contribution < -0.4 is 0 Å². The van der Waals surface area contributed by atoms with E-state index >= 15 is 0 Å². The molecule has 5 heteroatoms. The van der Waals surface area contributed by atoms with E-state index < -0.39 is 5.82 Å². The third kappa shape index (κ3) is 2.36. The van der Waals surface area contributed by atoms with Crippen molar-refractivity contribution in [3.8, 4) is 17.3 Å². The Hall–Kier alpha value is -1.70. The van der Waals surface area contributed by atoms with Gasteiger partial charge in [0.05, 0.1) is 16.3 Å². The smallest absolute Gasteiger partial charge is 0.134 e. The first-order chi connectivity index (χ1) is 8.11. The Labute approximate surface area is 107 Å². The second-order valence-corrected chi connectivity index (χ2v) is 4.52. The van der Waals surface area contributed by atoms with E-state index in [1.165, 1.54) is 23.5 Å².